The molecule has 23 heavy (non-hydrogen) atoms. The fourth-order valence-corrected chi connectivity index (χ4v) is 2.51. The van der Waals surface area contributed by atoms with Crippen LogP contribution in [0.2, 0.25) is 0 Å². The molecule has 0 bridgehead atoms. The van der Waals surface area contributed by atoms with Gasteiger partial charge in [0.25, 0.3) is 5.91 Å². The summed E-state index contributed by atoms with van der Waals surface area (Å²) < 4.78 is 5.54. The van der Waals surface area contributed by atoms with Crippen molar-refractivity contribution in [2.45, 2.75) is 25.8 Å². The quantitative estimate of drug-likeness (QED) is 0.865. The van der Waals surface area contributed by atoms with Crippen molar-refractivity contribution < 1.29 is 14.3 Å². The van der Waals surface area contributed by atoms with Crippen molar-refractivity contribution in [3.8, 4) is 5.75 Å². The number of hydrogen-bond donors (Lipinski definition) is 1. The van der Waals surface area contributed by atoms with Crippen LogP contribution in [0.15, 0.2) is 24.3 Å². The van der Waals surface area contributed by atoms with Gasteiger partial charge in [-0.1, -0.05) is 6.92 Å². The topological polar surface area (TPSA) is 61.9 Å². The van der Waals surface area contributed by atoms with Crippen LogP contribution in [0.3, 0.4) is 0 Å². The minimum Gasteiger partial charge on any atom is -0.484 e. The second kappa shape index (κ2) is 7.97. The molecule has 2 amide bonds. The van der Waals surface area contributed by atoms with Gasteiger partial charge < -0.3 is 19.9 Å². The van der Waals surface area contributed by atoms with E-state index >= 15 is 0 Å². The van der Waals surface area contributed by atoms with E-state index in [2.05, 4.69) is 10.2 Å². The van der Waals surface area contributed by atoms with Crippen LogP contribution < -0.4 is 10.1 Å². The Hall–Kier alpha value is -2.08. The highest BCUT2D eigenvalue weighted by Gasteiger charge is 2.27. The summed E-state index contributed by atoms with van der Waals surface area (Å²) in [6, 6.07) is 7.48. The number of ether oxygens (including phenoxy) is 1. The highest BCUT2D eigenvalue weighted by atomic mass is 16.5. The van der Waals surface area contributed by atoms with Crippen LogP contribution in [-0.4, -0.2) is 61.4 Å². The minimum atomic E-state index is -0.0293. The minimum absolute atomic E-state index is 0.0118. The third-order valence-corrected chi connectivity index (χ3v) is 4.07. The van der Waals surface area contributed by atoms with Crippen molar-refractivity contribution in [2.24, 2.45) is 0 Å². The Kier molecular flexibility index (Phi) is 5.98. The summed E-state index contributed by atoms with van der Waals surface area (Å²) in [5.74, 6) is 0.604. The molecule has 0 unspecified atom stereocenters. The highest BCUT2D eigenvalue weighted by Crippen LogP contribution is 2.17. The molecular weight excluding hydrogens is 294 g/mol. The predicted molar refractivity (Wildman–Crippen MR) is 89.5 cm³/mol. The van der Waals surface area contributed by atoms with Gasteiger partial charge in [-0.2, -0.15) is 0 Å². The molecule has 1 aliphatic heterocycles. The summed E-state index contributed by atoms with van der Waals surface area (Å²) in [5.41, 5.74) is 0.726. The number of anilines is 1. The van der Waals surface area contributed by atoms with E-state index in [1.54, 1.807) is 31.2 Å². The number of carbonyl (C=O) groups is 2. The zero-order chi connectivity index (χ0) is 16.8. The van der Waals surface area contributed by atoms with E-state index in [4.69, 9.17) is 4.74 Å². The fraction of sp³-hybridized carbons (Fsp3) is 0.529. The average molecular weight is 319 g/mol. The molecule has 1 atom stereocenters. The van der Waals surface area contributed by atoms with Gasteiger partial charge in [0, 0.05) is 31.2 Å². The Morgan fingerprint density at radius 2 is 2.00 bits per heavy atom. The molecular formula is C17H25N3O3. The van der Waals surface area contributed by atoms with Gasteiger partial charge in [-0.25, -0.2) is 0 Å². The van der Waals surface area contributed by atoms with Crippen molar-refractivity contribution in [3.05, 3.63) is 24.3 Å². The van der Waals surface area contributed by atoms with Crippen molar-refractivity contribution in [1.82, 2.24) is 9.80 Å². The first kappa shape index (κ1) is 17.3. The third-order valence-electron chi connectivity index (χ3n) is 4.07. The average Bonchev–Trinajstić information content (AvgIpc) is 3.04. The van der Waals surface area contributed by atoms with Gasteiger partial charge in [0.05, 0.1) is 0 Å². The van der Waals surface area contributed by atoms with E-state index in [9.17, 15) is 9.59 Å². The Morgan fingerprint density at radius 1 is 1.30 bits per heavy atom. The lowest BCUT2D eigenvalue weighted by atomic mass is 10.2. The number of nitrogens with one attached hydrogen (secondary N) is 1. The lowest BCUT2D eigenvalue weighted by Gasteiger charge is -2.20. The summed E-state index contributed by atoms with van der Waals surface area (Å²) in [6.45, 7) is 3.39. The molecule has 1 saturated heterocycles. The van der Waals surface area contributed by atoms with E-state index in [1.807, 2.05) is 19.0 Å². The zero-order valence-corrected chi connectivity index (χ0v) is 14.0. The summed E-state index contributed by atoms with van der Waals surface area (Å²) in [5, 5.41) is 2.77. The Labute approximate surface area is 137 Å². The number of likely N-dealkylation sites (tertiary alicyclic amines) is 1. The van der Waals surface area contributed by atoms with Crippen LogP contribution in [0, 0.1) is 0 Å². The molecule has 0 aromatic heterocycles. The van der Waals surface area contributed by atoms with Gasteiger partial charge in [0.1, 0.15) is 5.75 Å². The number of nitrogens with zero attached hydrogens (tertiary/aromatic N) is 2. The molecule has 6 nitrogen and oxygen atoms in total. The SMILES string of the molecule is CCC(=O)Nc1ccc(OCC(=O)N2CC[C@@H](N(C)C)C2)cc1. The maximum Gasteiger partial charge on any atom is 0.260 e. The monoisotopic (exact) mass is 319 g/mol. The zero-order valence-electron chi connectivity index (χ0n) is 14.0. The van der Waals surface area contributed by atoms with Crippen molar-refractivity contribution >= 4 is 17.5 Å². The molecule has 0 spiro atoms. The Morgan fingerprint density at radius 3 is 2.57 bits per heavy atom. The first-order chi connectivity index (χ1) is 11.0. The fourth-order valence-electron chi connectivity index (χ4n) is 2.51. The van der Waals surface area contributed by atoms with Crippen molar-refractivity contribution in [3.63, 3.8) is 0 Å². The van der Waals surface area contributed by atoms with Crippen molar-refractivity contribution in [1.29, 1.82) is 0 Å². The second-order valence-electron chi connectivity index (χ2n) is 5.96. The van der Waals surface area contributed by atoms with Gasteiger partial charge in [0.15, 0.2) is 6.61 Å². The summed E-state index contributed by atoms with van der Waals surface area (Å²) in [6.07, 6.45) is 1.45. The number of amides is 2. The standard InChI is InChI=1S/C17H25N3O3/c1-4-16(21)18-13-5-7-15(8-6-13)23-12-17(22)20-10-9-14(11-20)19(2)3/h5-8,14H,4,9-12H2,1-3H3,(H,18,21)/t14-/m1/s1. The van der Waals surface area contributed by atoms with Crippen LogP contribution in [0.25, 0.3) is 0 Å². The number of rotatable bonds is 6. The maximum absolute atomic E-state index is 12.2. The predicted octanol–water partition coefficient (Wildman–Crippen LogP) is 1.58. The number of likely N-dealkylation sites (N-methyl/N-ethyl adjacent to an activating group) is 1. The molecule has 1 aromatic carbocycles. The molecule has 6 heteroatoms. The van der Waals surface area contributed by atoms with E-state index in [0.717, 1.165) is 25.2 Å². The van der Waals surface area contributed by atoms with E-state index < -0.39 is 0 Å². The molecule has 1 aliphatic rings. The van der Waals surface area contributed by atoms with Gasteiger partial charge in [0.2, 0.25) is 5.91 Å². The lowest BCUT2D eigenvalue weighted by Crippen LogP contribution is -2.36. The van der Waals surface area contributed by atoms with E-state index in [1.165, 1.54) is 0 Å². The van der Waals surface area contributed by atoms with Gasteiger partial charge in [-0.15, -0.1) is 0 Å². The normalized spacial score (nSPS) is 17.4. The number of carbonyl (C=O) groups excluding carboxylic acids is 2. The molecule has 1 heterocycles. The largest absolute Gasteiger partial charge is 0.484 e. The van der Waals surface area contributed by atoms with Crippen molar-refractivity contribution in [2.75, 3.05) is 39.1 Å². The second-order valence-corrected chi connectivity index (χ2v) is 5.96. The smallest absolute Gasteiger partial charge is 0.260 e. The van der Waals surface area contributed by atoms with E-state index in [-0.39, 0.29) is 18.4 Å². The van der Waals surface area contributed by atoms with Gasteiger partial charge in [-0.05, 0) is 44.8 Å². The van der Waals surface area contributed by atoms with Crippen LogP contribution in [-0.2, 0) is 9.59 Å². The highest BCUT2D eigenvalue weighted by molar-refractivity contribution is 5.90. The van der Waals surface area contributed by atoms with Gasteiger partial charge in [-0.3, -0.25) is 9.59 Å². The summed E-state index contributed by atoms with van der Waals surface area (Å²) >= 11 is 0. The third kappa shape index (κ3) is 4.96. The van der Waals surface area contributed by atoms with Crippen LogP contribution in [0.1, 0.15) is 19.8 Å². The van der Waals surface area contributed by atoms with E-state index in [0.29, 0.717) is 18.2 Å². The molecule has 0 saturated carbocycles. The first-order valence-electron chi connectivity index (χ1n) is 7.96. The number of hydrogen-bond acceptors (Lipinski definition) is 4. The van der Waals surface area contributed by atoms with Crippen LogP contribution in [0.5, 0.6) is 5.75 Å². The van der Waals surface area contributed by atoms with Crippen LogP contribution >= 0.6 is 0 Å². The molecule has 1 N–H and O–H groups in total. The first-order valence-corrected chi connectivity index (χ1v) is 7.96. The van der Waals surface area contributed by atoms with Gasteiger partial charge >= 0.3 is 0 Å². The number of benzene rings is 1. The lowest BCUT2D eigenvalue weighted by molar-refractivity contribution is -0.132. The molecule has 1 fully saturated rings. The molecule has 0 aliphatic carbocycles. The molecule has 2 rings (SSSR count). The molecule has 0 radical (unpaired) electrons. The molecule has 1 aromatic rings. The Bertz CT molecular complexity index is 543. The molecule has 126 valence electrons. The maximum atomic E-state index is 12.2. The summed E-state index contributed by atoms with van der Waals surface area (Å²) in [7, 11) is 4.07. The summed E-state index contributed by atoms with van der Waals surface area (Å²) in [4.78, 5) is 27.5. The Balaban J connectivity index is 1.79. The van der Waals surface area contributed by atoms with Crippen LogP contribution in [0.4, 0.5) is 5.69 Å².